The molecule has 1 spiro atoms. The number of carbonyl (C=O) groups is 2. The summed E-state index contributed by atoms with van der Waals surface area (Å²) in [6.45, 7) is 1.33. The average molecular weight is 322 g/mol. The fourth-order valence-corrected chi connectivity index (χ4v) is 3.16. The molecule has 2 aliphatic heterocycles. The van der Waals surface area contributed by atoms with Gasteiger partial charge in [0.15, 0.2) is 0 Å². The van der Waals surface area contributed by atoms with E-state index in [0.717, 1.165) is 6.42 Å². The first-order valence-corrected chi connectivity index (χ1v) is 7.41. The molecule has 9 heteroatoms. The van der Waals surface area contributed by atoms with Gasteiger partial charge in [-0.1, -0.05) is 0 Å². The maximum absolute atomic E-state index is 12.4. The highest BCUT2D eigenvalue weighted by Crippen LogP contribution is 2.31. The third kappa shape index (κ3) is 2.99. The second-order valence-corrected chi connectivity index (χ2v) is 6.10. The third-order valence-electron chi connectivity index (χ3n) is 4.27. The zero-order valence-corrected chi connectivity index (χ0v) is 12.8. The number of piperidine rings is 1. The molecule has 1 aromatic heterocycles. The highest BCUT2D eigenvalue weighted by Gasteiger charge is 2.47. The monoisotopic (exact) mass is 322 g/mol. The Kier molecular flexibility index (Phi) is 3.70. The van der Waals surface area contributed by atoms with Crippen LogP contribution in [0.3, 0.4) is 0 Å². The Morgan fingerprint density at radius 3 is 2.78 bits per heavy atom. The minimum atomic E-state index is -0.656. The van der Waals surface area contributed by atoms with E-state index in [2.05, 4.69) is 9.97 Å². The third-order valence-corrected chi connectivity index (χ3v) is 4.27. The number of aromatic amines is 2. The predicted octanol–water partition coefficient (Wildman–Crippen LogP) is -0.951. The van der Waals surface area contributed by atoms with Gasteiger partial charge in [0.1, 0.15) is 5.60 Å². The van der Waals surface area contributed by atoms with E-state index in [4.69, 9.17) is 4.74 Å². The van der Waals surface area contributed by atoms with Crippen LogP contribution in [0.2, 0.25) is 0 Å². The normalized spacial score (nSPS) is 24.1. The molecule has 2 fully saturated rings. The van der Waals surface area contributed by atoms with Crippen molar-refractivity contribution >= 4 is 12.0 Å². The first kappa shape index (κ1) is 15.3. The molecule has 1 aromatic rings. The summed E-state index contributed by atoms with van der Waals surface area (Å²) in [5.74, 6) is -0.229. The smallest absolute Gasteiger partial charge is 0.410 e. The average Bonchev–Trinajstić information content (AvgIpc) is 2.76. The molecule has 1 atom stereocenters. The number of amides is 2. The molecular formula is C14H18N4O5. The Labute approximate surface area is 131 Å². The van der Waals surface area contributed by atoms with Crippen molar-refractivity contribution in [1.29, 1.82) is 0 Å². The summed E-state index contributed by atoms with van der Waals surface area (Å²) in [5, 5.41) is 0. The molecule has 0 bridgehead atoms. The van der Waals surface area contributed by atoms with E-state index in [1.54, 1.807) is 11.9 Å². The van der Waals surface area contributed by atoms with Crippen LogP contribution in [0.25, 0.3) is 0 Å². The van der Waals surface area contributed by atoms with Crippen molar-refractivity contribution in [2.75, 3.05) is 26.7 Å². The second kappa shape index (κ2) is 5.56. The minimum Gasteiger partial charge on any atom is -0.439 e. The van der Waals surface area contributed by atoms with Gasteiger partial charge >= 0.3 is 11.8 Å². The summed E-state index contributed by atoms with van der Waals surface area (Å²) >= 11 is 0. The van der Waals surface area contributed by atoms with Gasteiger partial charge in [-0.2, -0.15) is 0 Å². The number of ether oxygens (including phenoxy) is 1. The van der Waals surface area contributed by atoms with Gasteiger partial charge in [0, 0.05) is 25.4 Å². The highest BCUT2D eigenvalue weighted by molar-refractivity contribution is 5.79. The summed E-state index contributed by atoms with van der Waals surface area (Å²) in [7, 11) is 1.66. The van der Waals surface area contributed by atoms with E-state index in [1.165, 1.54) is 11.1 Å². The molecule has 0 unspecified atom stereocenters. The summed E-state index contributed by atoms with van der Waals surface area (Å²) in [5.41, 5.74) is -1.63. The number of nitrogens with zero attached hydrogens (tertiary/aromatic N) is 2. The lowest BCUT2D eigenvalue weighted by molar-refractivity contribution is -0.136. The lowest BCUT2D eigenvalue weighted by atomic mass is 9.92. The highest BCUT2D eigenvalue weighted by atomic mass is 16.6. The van der Waals surface area contributed by atoms with Crippen LogP contribution >= 0.6 is 0 Å². The van der Waals surface area contributed by atoms with Crippen LogP contribution in [0.5, 0.6) is 0 Å². The molecule has 2 amide bonds. The van der Waals surface area contributed by atoms with E-state index in [0.29, 0.717) is 26.1 Å². The van der Waals surface area contributed by atoms with Gasteiger partial charge in [0.25, 0.3) is 5.56 Å². The lowest BCUT2D eigenvalue weighted by Gasteiger charge is -2.38. The topological polar surface area (TPSA) is 116 Å². The van der Waals surface area contributed by atoms with Crippen molar-refractivity contribution in [3.63, 3.8) is 0 Å². The molecule has 3 rings (SSSR count). The van der Waals surface area contributed by atoms with Crippen molar-refractivity contribution in [3.05, 3.63) is 32.6 Å². The number of nitrogens with one attached hydrogen (secondary N) is 2. The van der Waals surface area contributed by atoms with Gasteiger partial charge < -0.3 is 19.5 Å². The zero-order valence-electron chi connectivity index (χ0n) is 12.8. The lowest BCUT2D eigenvalue weighted by Crippen LogP contribution is -2.52. The molecule has 0 saturated carbocycles. The van der Waals surface area contributed by atoms with E-state index in [1.807, 2.05) is 0 Å². The van der Waals surface area contributed by atoms with Gasteiger partial charge in [0.2, 0.25) is 5.91 Å². The van der Waals surface area contributed by atoms with Crippen molar-refractivity contribution in [2.45, 2.75) is 24.9 Å². The van der Waals surface area contributed by atoms with Gasteiger partial charge in [-0.05, 0) is 12.8 Å². The quantitative estimate of drug-likeness (QED) is 0.728. The molecule has 0 radical (unpaired) electrons. The fourth-order valence-electron chi connectivity index (χ4n) is 3.16. The van der Waals surface area contributed by atoms with Crippen LogP contribution in [-0.2, 0) is 16.0 Å². The zero-order chi connectivity index (χ0) is 16.6. The Balaban J connectivity index is 1.71. The molecular weight excluding hydrogens is 304 g/mol. The van der Waals surface area contributed by atoms with E-state index in [9.17, 15) is 19.2 Å². The second-order valence-electron chi connectivity index (χ2n) is 6.10. The van der Waals surface area contributed by atoms with Crippen molar-refractivity contribution in [1.82, 2.24) is 19.8 Å². The number of hydrogen-bond acceptors (Lipinski definition) is 5. The standard InChI is InChI=1S/C14H18N4O5/c1-17-7-14(23-13(17)22)3-2-4-18(8-14)10(19)5-9-6-15-12(21)16-11(9)20/h6H,2-5,7-8H2,1H3,(H2,15,16,20,21)/t14-/m0/s1. The van der Waals surface area contributed by atoms with Crippen molar-refractivity contribution in [2.24, 2.45) is 0 Å². The van der Waals surface area contributed by atoms with Crippen LogP contribution < -0.4 is 11.2 Å². The Bertz CT molecular complexity index is 754. The van der Waals surface area contributed by atoms with Crippen LogP contribution in [0.4, 0.5) is 4.79 Å². The van der Waals surface area contributed by atoms with Gasteiger partial charge in [-0.15, -0.1) is 0 Å². The Morgan fingerprint density at radius 2 is 2.13 bits per heavy atom. The van der Waals surface area contributed by atoms with Crippen LogP contribution in [0.1, 0.15) is 18.4 Å². The summed E-state index contributed by atoms with van der Waals surface area (Å²) in [6.07, 6.45) is 2.21. The SMILES string of the molecule is CN1C[C@]2(CCCN(C(=O)Cc3c[nH]c(=O)[nH]c3=O)C2)OC1=O. The maximum atomic E-state index is 12.4. The van der Waals surface area contributed by atoms with Crippen LogP contribution in [-0.4, -0.2) is 64.1 Å². The summed E-state index contributed by atoms with van der Waals surface area (Å²) < 4.78 is 5.45. The molecule has 2 N–H and O–H groups in total. The van der Waals surface area contributed by atoms with Gasteiger partial charge in [-0.3, -0.25) is 14.6 Å². The number of aromatic nitrogens is 2. The van der Waals surface area contributed by atoms with E-state index >= 15 is 0 Å². The summed E-state index contributed by atoms with van der Waals surface area (Å²) in [4.78, 5) is 54.3. The number of carbonyl (C=O) groups excluding carboxylic acids is 2. The molecule has 0 aromatic carbocycles. The van der Waals surface area contributed by atoms with Crippen LogP contribution in [0.15, 0.2) is 15.8 Å². The largest absolute Gasteiger partial charge is 0.439 e. The molecule has 124 valence electrons. The molecule has 2 aliphatic rings. The fraction of sp³-hybridized carbons (Fsp3) is 0.571. The molecule has 9 nitrogen and oxygen atoms in total. The number of likely N-dealkylation sites (N-methyl/N-ethyl adjacent to an activating group) is 1. The van der Waals surface area contributed by atoms with Crippen LogP contribution in [0, 0.1) is 0 Å². The number of rotatable bonds is 2. The molecule has 3 heterocycles. The molecule has 0 aliphatic carbocycles. The first-order chi connectivity index (χ1) is 10.9. The van der Waals surface area contributed by atoms with Gasteiger partial charge in [-0.25, -0.2) is 9.59 Å². The van der Waals surface area contributed by atoms with Gasteiger partial charge in [0.05, 0.1) is 19.5 Å². The number of H-pyrrole nitrogens is 2. The minimum absolute atomic E-state index is 0.105. The molecule has 2 saturated heterocycles. The van der Waals surface area contributed by atoms with E-state index in [-0.39, 0.29) is 24.0 Å². The Hall–Kier alpha value is -2.58. The van der Waals surface area contributed by atoms with E-state index < -0.39 is 16.9 Å². The number of likely N-dealkylation sites (tertiary alicyclic amines) is 1. The van der Waals surface area contributed by atoms with Crippen molar-refractivity contribution < 1.29 is 14.3 Å². The Morgan fingerprint density at radius 1 is 1.35 bits per heavy atom. The summed E-state index contributed by atoms with van der Waals surface area (Å²) in [6, 6.07) is 0. The maximum Gasteiger partial charge on any atom is 0.410 e. The van der Waals surface area contributed by atoms with Crippen molar-refractivity contribution in [3.8, 4) is 0 Å². The first-order valence-electron chi connectivity index (χ1n) is 7.41. The predicted molar refractivity (Wildman–Crippen MR) is 79.0 cm³/mol. The molecule has 23 heavy (non-hydrogen) atoms. The number of hydrogen-bond donors (Lipinski definition) is 2.